The minimum atomic E-state index is 0.151. The Kier molecular flexibility index (Phi) is 5.97. The molecule has 0 amide bonds. The minimum absolute atomic E-state index is 0.151. The van der Waals surface area contributed by atoms with Gasteiger partial charge in [0.15, 0.2) is 0 Å². The van der Waals surface area contributed by atoms with Crippen LogP contribution < -0.4 is 11.1 Å². The van der Waals surface area contributed by atoms with Crippen molar-refractivity contribution >= 4 is 11.8 Å². The highest BCUT2D eigenvalue weighted by atomic mass is 32.2. The van der Waals surface area contributed by atoms with Gasteiger partial charge in [-0.3, -0.25) is 0 Å². The molecule has 0 spiro atoms. The van der Waals surface area contributed by atoms with Gasteiger partial charge in [-0.25, -0.2) is 0 Å². The van der Waals surface area contributed by atoms with E-state index in [1.807, 2.05) is 11.8 Å². The van der Waals surface area contributed by atoms with Gasteiger partial charge in [0.05, 0.1) is 0 Å². The summed E-state index contributed by atoms with van der Waals surface area (Å²) < 4.78 is 0. The van der Waals surface area contributed by atoms with Crippen molar-refractivity contribution in [3.05, 3.63) is 0 Å². The number of hydrogen-bond donors (Lipinski definition) is 3. The van der Waals surface area contributed by atoms with Crippen LogP contribution in [0, 0.1) is 0 Å². The molecule has 0 saturated carbocycles. The van der Waals surface area contributed by atoms with E-state index in [4.69, 9.17) is 10.8 Å². The molecule has 1 heterocycles. The van der Waals surface area contributed by atoms with Crippen molar-refractivity contribution < 1.29 is 5.11 Å². The third kappa shape index (κ3) is 4.31. The molecule has 0 aromatic rings. The molecule has 0 bridgehead atoms. The first-order valence-corrected chi connectivity index (χ1v) is 7.04. The zero-order valence-corrected chi connectivity index (χ0v) is 10.5. The second kappa shape index (κ2) is 6.74. The summed E-state index contributed by atoms with van der Waals surface area (Å²) in [6.45, 7) is 3.20. The molecule has 0 aromatic heterocycles. The normalized spacial score (nSPS) is 29.0. The largest absolute Gasteiger partial charge is 0.396 e. The Bertz CT molecular complexity index is 172. The molecule has 1 aliphatic heterocycles. The second-order valence-corrected chi connectivity index (χ2v) is 5.66. The van der Waals surface area contributed by atoms with Gasteiger partial charge in [-0.2, -0.15) is 11.8 Å². The lowest BCUT2D eigenvalue weighted by Gasteiger charge is -2.39. The van der Waals surface area contributed by atoms with E-state index in [0.717, 1.165) is 25.1 Å². The second-order valence-electron chi connectivity index (χ2n) is 4.55. The molecular formula is C11H24N2OS. The molecule has 2 atom stereocenters. The summed E-state index contributed by atoms with van der Waals surface area (Å²) in [6, 6.07) is 0.458. The molecule has 0 aliphatic carbocycles. The van der Waals surface area contributed by atoms with Crippen molar-refractivity contribution in [2.75, 3.05) is 24.7 Å². The van der Waals surface area contributed by atoms with E-state index < -0.39 is 0 Å². The maximum absolute atomic E-state index is 8.79. The van der Waals surface area contributed by atoms with Crippen LogP contribution in [-0.2, 0) is 0 Å². The highest BCUT2D eigenvalue weighted by Gasteiger charge is 2.31. The van der Waals surface area contributed by atoms with E-state index in [9.17, 15) is 0 Å². The first-order chi connectivity index (χ1) is 7.22. The summed E-state index contributed by atoms with van der Waals surface area (Å²) in [7, 11) is 0. The quantitative estimate of drug-likeness (QED) is 0.638. The summed E-state index contributed by atoms with van der Waals surface area (Å²) in [6.07, 6.45) is 4.37. The van der Waals surface area contributed by atoms with Gasteiger partial charge in [0.25, 0.3) is 0 Å². The molecule has 1 saturated heterocycles. The molecule has 2 unspecified atom stereocenters. The molecule has 1 fully saturated rings. The predicted molar refractivity (Wildman–Crippen MR) is 67.3 cm³/mol. The van der Waals surface area contributed by atoms with Crippen LogP contribution in [0.15, 0.2) is 0 Å². The Balaban J connectivity index is 2.37. The molecule has 3 nitrogen and oxygen atoms in total. The van der Waals surface area contributed by atoms with E-state index >= 15 is 0 Å². The SMILES string of the molecule is CC(CCCO)NC1(CN)CCCSC1. The van der Waals surface area contributed by atoms with Gasteiger partial charge >= 0.3 is 0 Å². The van der Waals surface area contributed by atoms with Gasteiger partial charge in [0, 0.05) is 30.5 Å². The molecular weight excluding hydrogens is 208 g/mol. The Hall–Kier alpha value is 0.230. The number of nitrogens with two attached hydrogens (primary N) is 1. The Labute approximate surface area is 97.2 Å². The summed E-state index contributed by atoms with van der Waals surface area (Å²) in [4.78, 5) is 0. The van der Waals surface area contributed by atoms with Gasteiger partial charge in [0.1, 0.15) is 0 Å². The number of nitrogens with one attached hydrogen (secondary N) is 1. The first kappa shape index (κ1) is 13.3. The van der Waals surface area contributed by atoms with Gasteiger partial charge in [-0.1, -0.05) is 0 Å². The number of hydrogen-bond acceptors (Lipinski definition) is 4. The third-order valence-electron chi connectivity index (χ3n) is 3.06. The average molecular weight is 232 g/mol. The lowest BCUT2D eigenvalue weighted by atomic mass is 9.94. The molecule has 4 N–H and O–H groups in total. The molecule has 0 aromatic carbocycles. The summed E-state index contributed by atoms with van der Waals surface area (Å²) >= 11 is 2.00. The average Bonchev–Trinajstić information content (AvgIpc) is 2.27. The van der Waals surface area contributed by atoms with Crippen LogP contribution in [0.4, 0.5) is 0 Å². The monoisotopic (exact) mass is 232 g/mol. The third-order valence-corrected chi connectivity index (χ3v) is 4.39. The molecule has 1 aliphatic rings. The van der Waals surface area contributed by atoms with Gasteiger partial charge < -0.3 is 16.2 Å². The van der Waals surface area contributed by atoms with Crippen LogP contribution in [0.3, 0.4) is 0 Å². The Morgan fingerprint density at radius 3 is 2.93 bits per heavy atom. The zero-order chi connectivity index (χ0) is 11.1. The highest BCUT2D eigenvalue weighted by molar-refractivity contribution is 7.99. The fourth-order valence-electron chi connectivity index (χ4n) is 2.18. The van der Waals surface area contributed by atoms with Crippen LogP contribution in [-0.4, -0.2) is 41.3 Å². The lowest BCUT2D eigenvalue weighted by Crippen LogP contribution is -2.57. The fraction of sp³-hybridized carbons (Fsp3) is 1.00. The molecule has 15 heavy (non-hydrogen) atoms. The van der Waals surface area contributed by atoms with Crippen molar-refractivity contribution in [3.8, 4) is 0 Å². The summed E-state index contributed by atoms with van der Waals surface area (Å²) in [5, 5.41) is 12.4. The van der Waals surface area contributed by atoms with E-state index in [1.54, 1.807) is 0 Å². The zero-order valence-electron chi connectivity index (χ0n) is 9.67. The highest BCUT2D eigenvalue weighted by Crippen LogP contribution is 2.26. The van der Waals surface area contributed by atoms with Gasteiger partial charge in [-0.05, 0) is 38.4 Å². The minimum Gasteiger partial charge on any atom is -0.396 e. The van der Waals surface area contributed by atoms with Gasteiger partial charge in [0.2, 0.25) is 0 Å². The number of thioether (sulfide) groups is 1. The molecule has 1 rings (SSSR count). The molecule has 4 heteroatoms. The first-order valence-electron chi connectivity index (χ1n) is 5.89. The van der Waals surface area contributed by atoms with Crippen molar-refractivity contribution in [2.24, 2.45) is 5.73 Å². The van der Waals surface area contributed by atoms with Gasteiger partial charge in [-0.15, -0.1) is 0 Å². The number of aliphatic hydroxyl groups excluding tert-OH is 1. The Morgan fingerprint density at radius 1 is 1.60 bits per heavy atom. The smallest absolute Gasteiger partial charge is 0.0431 e. The number of aliphatic hydroxyl groups is 1. The van der Waals surface area contributed by atoms with Crippen molar-refractivity contribution in [1.29, 1.82) is 0 Å². The lowest BCUT2D eigenvalue weighted by molar-refractivity contribution is 0.255. The van der Waals surface area contributed by atoms with Crippen LogP contribution in [0.2, 0.25) is 0 Å². The molecule has 90 valence electrons. The fourth-order valence-corrected chi connectivity index (χ4v) is 3.41. The van der Waals surface area contributed by atoms with Crippen LogP contribution in [0.5, 0.6) is 0 Å². The summed E-state index contributed by atoms with van der Waals surface area (Å²) in [5.41, 5.74) is 6.04. The van der Waals surface area contributed by atoms with Crippen LogP contribution >= 0.6 is 11.8 Å². The standard InChI is InChI=1S/C11H24N2OS/c1-10(4-2-6-14)13-11(8-12)5-3-7-15-9-11/h10,13-14H,2-9,12H2,1H3. The predicted octanol–water partition coefficient (Wildman–Crippen LogP) is 0.961. The maximum Gasteiger partial charge on any atom is 0.0431 e. The van der Waals surface area contributed by atoms with Crippen molar-refractivity contribution in [3.63, 3.8) is 0 Å². The van der Waals surface area contributed by atoms with E-state index in [-0.39, 0.29) is 12.1 Å². The van der Waals surface area contributed by atoms with E-state index in [2.05, 4.69) is 12.2 Å². The van der Waals surface area contributed by atoms with E-state index in [0.29, 0.717) is 6.04 Å². The Morgan fingerprint density at radius 2 is 2.40 bits per heavy atom. The topological polar surface area (TPSA) is 58.3 Å². The van der Waals surface area contributed by atoms with Crippen LogP contribution in [0.25, 0.3) is 0 Å². The maximum atomic E-state index is 8.79. The molecule has 0 radical (unpaired) electrons. The van der Waals surface area contributed by atoms with Crippen molar-refractivity contribution in [1.82, 2.24) is 5.32 Å². The summed E-state index contributed by atoms with van der Waals surface area (Å²) in [5.74, 6) is 2.40. The van der Waals surface area contributed by atoms with Crippen LogP contribution in [0.1, 0.15) is 32.6 Å². The van der Waals surface area contributed by atoms with Crippen molar-refractivity contribution in [2.45, 2.75) is 44.2 Å². The van der Waals surface area contributed by atoms with E-state index in [1.165, 1.54) is 18.6 Å². The number of rotatable bonds is 6.